The van der Waals surface area contributed by atoms with Crippen LogP contribution in [0.1, 0.15) is 13.3 Å². The summed E-state index contributed by atoms with van der Waals surface area (Å²) in [5.41, 5.74) is 16.1. The molecule has 0 aliphatic rings. The van der Waals surface area contributed by atoms with Crippen LogP contribution in [0, 0.1) is 0 Å². The summed E-state index contributed by atoms with van der Waals surface area (Å²) in [7, 11) is 0. The van der Waals surface area contributed by atoms with Crippen LogP contribution in [-0.2, 0) is 18.9 Å². The van der Waals surface area contributed by atoms with Crippen molar-refractivity contribution in [2.24, 2.45) is 17.2 Å². The number of nitrogens with two attached hydrogens (primary N) is 3. The van der Waals surface area contributed by atoms with E-state index >= 15 is 0 Å². The highest BCUT2D eigenvalue weighted by Gasteiger charge is 2.35. The molecular formula is C10H25N3O4. The molecule has 7 heteroatoms. The highest BCUT2D eigenvalue weighted by Crippen LogP contribution is 2.17. The first-order valence-electron chi connectivity index (χ1n) is 5.90. The third kappa shape index (κ3) is 7.61. The Morgan fingerprint density at radius 3 is 1.35 bits per heavy atom. The molecule has 0 heterocycles. The number of hydrogen-bond donors (Lipinski definition) is 3. The Morgan fingerprint density at radius 2 is 1.06 bits per heavy atom. The zero-order chi connectivity index (χ0) is 13.0. The maximum Gasteiger partial charge on any atom is 0.412 e. The lowest BCUT2D eigenvalue weighted by molar-refractivity contribution is -0.497. The molecule has 7 nitrogen and oxygen atoms in total. The maximum absolute atomic E-state index is 5.45. The summed E-state index contributed by atoms with van der Waals surface area (Å²) < 4.78 is 21.6. The van der Waals surface area contributed by atoms with Gasteiger partial charge in [-0.25, -0.2) is 0 Å². The van der Waals surface area contributed by atoms with Crippen molar-refractivity contribution in [3.05, 3.63) is 0 Å². The van der Waals surface area contributed by atoms with Gasteiger partial charge in [-0.3, -0.25) is 0 Å². The summed E-state index contributed by atoms with van der Waals surface area (Å²) in [5, 5.41) is 0. The van der Waals surface area contributed by atoms with E-state index in [4.69, 9.17) is 36.1 Å². The fourth-order valence-electron chi connectivity index (χ4n) is 1.03. The van der Waals surface area contributed by atoms with E-state index < -0.39 is 6.16 Å². The smallest absolute Gasteiger partial charge is 0.328 e. The zero-order valence-electron chi connectivity index (χ0n) is 10.5. The first-order chi connectivity index (χ1) is 8.24. The molecule has 0 atom stereocenters. The lowest BCUT2D eigenvalue weighted by Gasteiger charge is -2.31. The average molecular weight is 251 g/mol. The fraction of sp³-hybridized carbons (Fsp3) is 1.00. The topological polar surface area (TPSA) is 115 Å². The van der Waals surface area contributed by atoms with E-state index in [1.54, 1.807) is 0 Å². The van der Waals surface area contributed by atoms with Crippen LogP contribution in [0.3, 0.4) is 0 Å². The minimum absolute atomic E-state index is 0.263. The summed E-state index contributed by atoms with van der Waals surface area (Å²) in [6, 6.07) is 0. The molecule has 0 aromatic carbocycles. The largest absolute Gasteiger partial charge is 0.412 e. The minimum Gasteiger partial charge on any atom is -0.328 e. The van der Waals surface area contributed by atoms with Gasteiger partial charge < -0.3 is 36.1 Å². The predicted molar refractivity (Wildman–Crippen MR) is 64.0 cm³/mol. The molecule has 0 bridgehead atoms. The second-order valence-electron chi connectivity index (χ2n) is 3.26. The summed E-state index contributed by atoms with van der Waals surface area (Å²) >= 11 is 0. The predicted octanol–water partition coefficient (Wildman–Crippen LogP) is -1.05. The van der Waals surface area contributed by atoms with Crippen LogP contribution >= 0.6 is 0 Å². The van der Waals surface area contributed by atoms with E-state index in [9.17, 15) is 0 Å². The van der Waals surface area contributed by atoms with Crippen molar-refractivity contribution in [2.75, 3.05) is 46.1 Å². The zero-order valence-corrected chi connectivity index (χ0v) is 10.5. The molecule has 0 spiro atoms. The molecule has 0 aliphatic carbocycles. The standard InChI is InChI=1S/C10H25N3O4/c1-2-6-14-10(15-7-3-11,16-8-4-12)17-9-5-13/h2-9,11-13H2,1H3. The van der Waals surface area contributed by atoms with Gasteiger partial charge in [0.25, 0.3) is 0 Å². The van der Waals surface area contributed by atoms with Crippen molar-refractivity contribution < 1.29 is 18.9 Å². The van der Waals surface area contributed by atoms with Gasteiger partial charge in [0.15, 0.2) is 0 Å². The molecule has 104 valence electrons. The van der Waals surface area contributed by atoms with Gasteiger partial charge in [0.05, 0.1) is 26.4 Å². The van der Waals surface area contributed by atoms with E-state index in [1.807, 2.05) is 6.92 Å². The van der Waals surface area contributed by atoms with Crippen LogP contribution in [0.5, 0.6) is 0 Å². The first-order valence-corrected chi connectivity index (χ1v) is 5.90. The molecule has 0 aromatic heterocycles. The van der Waals surface area contributed by atoms with Crippen molar-refractivity contribution in [2.45, 2.75) is 19.5 Å². The quantitative estimate of drug-likeness (QED) is 0.379. The van der Waals surface area contributed by atoms with Crippen LogP contribution in [0.15, 0.2) is 0 Å². The van der Waals surface area contributed by atoms with Crippen molar-refractivity contribution in [1.82, 2.24) is 0 Å². The summed E-state index contributed by atoms with van der Waals surface area (Å²) in [6.45, 7) is 4.23. The van der Waals surface area contributed by atoms with Crippen LogP contribution in [-0.4, -0.2) is 52.2 Å². The molecule has 0 aromatic rings. The molecule has 0 fully saturated rings. The highest BCUT2D eigenvalue weighted by molar-refractivity contribution is 4.47. The molecule has 0 radical (unpaired) electrons. The summed E-state index contributed by atoms with van der Waals surface area (Å²) in [4.78, 5) is 0. The van der Waals surface area contributed by atoms with Crippen molar-refractivity contribution in [3.8, 4) is 0 Å². The van der Waals surface area contributed by atoms with E-state index in [-0.39, 0.29) is 19.8 Å². The lowest BCUT2D eigenvalue weighted by Crippen LogP contribution is -2.45. The van der Waals surface area contributed by atoms with Crippen LogP contribution in [0.2, 0.25) is 0 Å². The summed E-state index contributed by atoms with van der Waals surface area (Å²) in [6.07, 6.45) is -0.722. The third-order valence-corrected chi connectivity index (χ3v) is 1.67. The Labute approximate surface area is 102 Å². The highest BCUT2D eigenvalue weighted by atomic mass is 17.0. The van der Waals surface area contributed by atoms with Crippen LogP contribution < -0.4 is 17.2 Å². The molecule has 0 rings (SSSR count). The first kappa shape index (κ1) is 16.7. The molecule has 0 unspecified atom stereocenters. The van der Waals surface area contributed by atoms with Gasteiger partial charge in [0.2, 0.25) is 0 Å². The molecule has 6 N–H and O–H groups in total. The van der Waals surface area contributed by atoms with Gasteiger partial charge >= 0.3 is 6.16 Å². The van der Waals surface area contributed by atoms with Gasteiger partial charge in [0, 0.05) is 19.6 Å². The minimum atomic E-state index is -1.53. The van der Waals surface area contributed by atoms with E-state index in [0.717, 1.165) is 6.42 Å². The summed E-state index contributed by atoms with van der Waals surface area (Å²) in [5.74, 6) is 0. The monoisotopic (exact) mass is 251 g/mol. The average Bonchev–Trinajstić information content (AvgIpc) is 2.37. The van der Waals surface area contributed by atoms with Gasteiger partial charge in [-0.1, -0.05) is 6.92 Å². The van der Waals surface area contributed by atoms with Gasteiger partial charge in [-0.2, -0.15) is 0 Å². The van der Waals surface area contributed by atoms with Crippen LogP contribution in [0.25, 0.3) is 0 Å². The Balaban J connectivity index is 4.39. The molecule has 0 saturated heterocycles. The molecule has 0 saturated carbocycles. The van der Waals surface area contributed by atoms with Gasteiger partial charge in [0.1, 0.15) is 0 Å². The van der Waals surface area contributed by atoms with Crippen LogP contribution in [0.4, 0.5) is 0 Å². The molecular weight excluding hydrogens is 226 g/mol. The molecule has 0 amide bonds. The van der Waals surface area contributed by atoms with Gasteiger partial charge in [-0.05, 0) is 6.42 Å². The van der Waals surface area contributed by atoms with E-state index in [0.29, 0.717) is 26.2 Å². The van der Waals surface area contributed by atoms with Gasteiger partial charge in [-0.15, -0.1) is 0 Å². The second-order valence-corrected chi connectivity index (χ2v) is 3.26. The van der Waals surface area contributed by atoms with Crippen molar-refractivity contribution >= 4 is 0 Å². The Bertz CT molecular complexity index is 134. The van der Waals surface area contributed by atoms with Crippen molar-refractivity contribution in [3.63, 3.8) is 0 Å². The number of rotatable bonds is 12. The fourth-order valence-corrected chi connectivity index (χ4v) is 1.03. The lowest BCUT2D eigenvalue weighted by atomic mass is 10.5. The Morgan fingerprint density at radius 1 is 0.706 bits per heavy atom. The van der Waals surface area contributed by atoms with Crippen molar-refractivity contribution in [1.29, 1.82) is 0 Å². The third-order valence-electron chi connectivity index (χ3n) is 1.67. The number of hydrogen-bond acceptors (Lipinski definition) is 7. The Kier molecular flexibility index (Phi) is 10.7. The van der Waals surface area contributed by atoms with E-state index in [2.05, 4.69) is 0 Å². The second kappa shape index (κ2) is 10.8. The molecule has 17 heavy (non-hydrogen) atoms. The maximum atomic E-state index is 5.45. The van der Waals surface area contributed by atoms with E-state index in [1.165, 1.54) is 0 Å². The number of ether oxygens (including phenoxy) is 4. The SMILES string of the molecule is CCCOC(OCCN)(OCCN)OCCN. The Hall–Kier alpha value is -0.280. The molecule has 0 aliphatic heterocycles. The normalized spacial score (nSPS) is 12.0.